The minimum atomic E-state index is -4.08. The van der Waals surface area contributed by atoms with Crippen LogP contribution in [-0.2, 0) is 90.1 Å². The molecule has 21 rings (SSSR count). The normalized spacial score (nSPS) is 25.6. The first-order valence-electron chi connectivity index (χ1n) is 54.8. The standard InChI is InChI=1S/C118H180O12Si6/c1-11-108-97-116-99-118-100-117-98-115-96-101(2)109-78-66-102(67-79-109)60-48-36-25-13-19-31-43-55-91-132(120-4,121-5)127-134(123-7,93-57-45-33-21-15-27-38-50-62-104-70-82-111(115)83-71-104)129-136(125-9,95-59-47-35-23-17-29-40-52-64-106-74-86-113(117)87-75-106)130-135(124-8,94-58-46-34-22-16-28-41-53-65-107-76-88-114(118)89-77-107)128-133(122-6,92-56-44-32-20-14-26-39-51-63-105-72-84-112(116)85-73-105)126-131(10,119-3)90-54-42-30-18-12-24-37-49-61-103-68-80-110(108)81-69-103/h11,66-89,96-100H,12-65,90-95H2,1-10H3. The summed E-state index contributed by atoms with van der Waals surface area (Å²) in [5, 5.41) is 0. The van der Waals surface area contributed by atoms with Crippen LogP contribution in [0, 0.1) is 0 Å². The largest absolute Gasteiger partial charge is 0.493 e. The number of rotatable bonds is 7. The molecule has 0 spiro atoms. The quantitative estimate of drug-likeness (QED) is 0.142. The van der Waals surface area contributed by atoms with Crippen LogP contribution in [0.25, 0.3) is 33.4 Å². The molecule has 6 aromatic carbocycles. The van der Waals surface area contributed by atoms with Gasteiger partial charge >= 0.3 is 52.6 Å². The predicted molar refractivity (Wildman–Crippen MR) is 585 cm³/mol. The molecule has 5 atom stereocenters. The minimum absolute atomic E-state index is 0.525. The Kier molecular flexibility index (Phi) is 50.2. The summed E-state index contributed by atoms with van der Waals surface area (Å²) in [7, 11) is -9.68. The van der Waals surface area contributed by atoms with Gasteiger partial charge in [-0.2, -0.15) is 0 Å². The maximum Gasteiger partial charge on any atom is 0.493 e. The number of hydrogen-bond donors (Lipinski definition) is 0. The molecule has 136 heavy (non-hydrogen) atoms. The van der Waals surface area contributed by atoms with Crippen molar-refractivity contribution >= 4 is 86.0 Å². The Bertz CT molecular complexity index is 4530. The van der Waals surface area contributed by atoms with Gasteiger partial charge in [-0.05, 0) is 260 Å². The number of allylic oxidation sites excluding steroid dienone is 12. The molecule has 0 saturated carbocycles. The Hall–Kier alpha value is -5.42. The van der Waals surface area contributed by atoms with E-state index in [0.29, 0.717) is 30.2 Å². The van der Waals surface area contributed by atoms with E-state index in [1.165, 1.54) is 248 Å². The zero-order valence-electron chi connectivity index (χ0n) is 86.6. The molecule has 0 fully saturated rings. The van der Waals surface area contributed by atoms with E-state index in [1.54, 1.807) is 14.2 Å². The van der Waals surface area contributed by atoms with E-state index >= 15 is 0 Å². The smallest absolute Gasteiger partial charge is 0.398 e. The van der Waals surface area contributed by atoms with Gasteiger partial charge in [-0.1, -0.05) is 395 Å². The third kappa shape index (κ3) is 37.7. The van der Waals surface area contributed by atoms with Gasteiger partial charge in [0.25, 0.3) is 0 Å². The van der Waals surface area contributed by atoms with Crippen LogP contribution >= 0.6 is 0 Å². The second-order valence-corrected chi connectivity index (χ2v) is 59.6. The second kappa shape index (κ2) is 61.5. The average Bonchev–Trinajstić information content (AvgIpc) is 0.764. The highest BCUT2D eigenvalue weighted by atomic mass is 28.5. The zero-order valence-corrected chi connectivity index (χ0v) is 92.6. The van der Waals surface area contributed by atoms with E-state index in [0.717, 1.165) is 205 Å². The van der Waals surface area contributed by atoms with Gasteiger partial charge in [0.05, 0.1) is 0 Å². The van der Waals surface area contributed by atoms with Gasteiger partial charge < -0.3 is 51.6 Å². The Morgan fingerprint density at radius 3 is 0.676 bits per heavy atom. The highest BCUT2D eigenvalue weighted by Gasteiger charge is 2.64. The van der Waals surface area contributed by atoms with Crippen LogP contribution in [0.3, 0.4) is 0 Å². The topological polar surface area (TPSA) is 111 Å². The van der Waals surface area contributed by atoms with E-state index < -0.39 is 52.6 Å². The first-order valence-corrected chi connectivity index (χ1v) is 66.9. The summed E-state index contributed by atoms with van der Waals surface area (Å²) in [6.07, 6.45) is 74.7. The molecular formula is C118H180O12Si6. The molecule has 18 heteroatoms. The molecule has 15 heterocycles. The Morgan fingerprint density at radius 1 is 0.206 bits per heavy atom. The molecule has 6 aromatic rings. The molecule has 0 saturated heterocycles. The Morgan fingerprint density at radius 2 is 0.419 bits per heavy atom. The van der Waals surface area contributed by atoms with Crippen molar-refractivity contribution in [2.75, 3.05) is 49.8 Å². The highest BCUT2D eigenvalue weighted by Crippen LogP contribution is 2.43. The van der Waals surface area contributed by atoms with Crippen molar-refractivity contribution in [1.29, 1.82) is 0 Å². The summed E-state index contributed by atoms with van der Waals surface area (Å²) < 4.78 is 89.7. The lowest BCUT2D eigenvalue weighted by Crippen LogP contribution is -2.69. The van der Waals surface area contributed by atoms with Gasteiger partial charge in [0, 0.05) is 80.0 Å². The van der Waals surface area contributed by atoms with Gasteiger partial charge in [-0.3, -0.25) is 0 Å². The molecule has 5 unspecified atom stereocenters. The van der Waals surface area contributed by atoms with Crippen LogP contribution in [0.15, 0.2) is 182 Å². The maximum absolute atomic E-state index is 8.31. The molecule has 748 valence electrons. The SMILES string of the molecule is CC=C1C=C2C=C3C=C4C=C5C=C(C)c6ccc(cc6)CCCCCCCCCC[Si](OC)(OC)O[Si](OC)(CCCCCCCCCCc6ccc5cc6)O[Si](OC)(CCCCCCCCCCc5ccc4cc5)O[Si](OC)(CCCCCCCCCCc4ccc3cc4)O[Si](OC)(CCCCCCCCCCc3ccc2cc3)O[Si](C)(OC)CCCCCCCCCCc2ccc1cc2. The monoisotopic (exact) mass is 1960 g/mol. The van der Waals surface area contributed by atoms with E-state index in [4.69, 9.17) is 51.6 Å². The average molecular weight is 1960 g/mol. The molecule has 15 aliphatic heterocycles. The number of aryl methyl sites for hydroxylation is 6. The molecule has 15 aliphatic rings. The van der Waals surface area contributed by atoms with E-state index in [2.05, 4.69) is 202 Å². The van der Waals surface area contributed by atoms with Gasteiger partial charge in [-0.25, -0.2) is 0 Å². The summed E-state index contributed by atoms with van der Waals surface area (Å²) in [5.41, 5.74) is 22.9. The summed E-state index contributed by atoms with van der Waals surface area (Å²) in [6.45, 7) is 6.83. The van der Waals surface area contributed by atoms with E-state index in [-0.39, 0.29) is 0 Å². The summed E-state index contributed by atoms with van der Waals surface area (Å²) in [5.74, 6) is 0. The fraction of sp³-hybridized carbons (Fsp3) is 0.593. The molecule has 0 amide bonds. The van der Waals surface area contributed by atoms with Crippen molar-refractivity contribution in [1.82, 2.24) is 0 Å². The summed E-state index contributed by atoms with van der Waals surface area (Å²) in [4.78, 5) is 0. The molecule has 0 radical (unpaired) electrons. The Balaban J connectivity index is 1.15. The summed E-state index contributed by atoms with van der Waals surface area (Å²) in [6, 6.07) is 61.6. The van der Waals surface area contributed by atoms with Gasteiger partial charge in [0.15, 0.2) is 0 Å². The lowest BCUT2D eigenvalue weighted by Gasteiger charge is -2.46. The van der Waals surface area contributed by atoms with Crippen molar-refractivity contribution in [3.63, 3.8) is 0 Å². The maximum atomic E-state index is 8.31. The van der Waals surface area contributed by atoms with Gasteiger partial charge in [0.2, 0.25) is 0 Å². The van der Waals surface area contributed by atoms with Crippen LogP contribution in [0.1, 0.15) is 389 Å². The van der Waals surface area contributed by atoms with Crippen LogP contribution < -0.4 is 0 Å². The van der Waals surface area contributed by atoms with Crippen molar-refractivity contribution < 1.29 is 51.6 Å². The Labute approximate surface area is 833 Å². The molecular weight excluding hydrogens is 1780 g/mol. The summed E-state index contributed by atoms with van der Waals surface area (Å²) >= 11 is 0. The van der Waals surface area contributed by atoms with Gasteiger partial charge in [-0.15, -0.1) is 0 Å². The predicted octanol–water partition coefficient (Wildman–Crippen LogP) is 33.9. The third-order valence-corrected chi connectivity index (χ3v) is 53.6. The molecule has 0 aromatic heterocycles. The fourth-order valence-corrected chi connectivity index (χ4v) is 47.1. The highest BCUT2D eigenvalue weighted by molar-refractivity contribution is 6.87. The van der Waals surface area contributed by atoms with Crippen molar-refractivity contribution in [2.45, 2.75) is 403 Å². The number of hydrogen-bond acceptors (Lipinski definition) is 12. The zero-order chi connectivity index (χ0) is 95.5. The van der Waals surface area contributed by atoms with Crippen LogP contribution in [0.4, 0.5) is 0 Å². The number of fused-ring (bicyclic) bond motifs is 2. The van der Waals surface area contributed by atoms with Crippen LogP contribution in [0.2, 0.25) is 42.8 Å². The minimum Gasteiger partial charge on any atom is -0.398 e. The number of benzene rings is 6. The molecule has 12 nitrogen and oxygen atoms in total. The third-order valence-electron chi connectivity index (χ3n) is 30.0. The van der Waals surface area contributed by atoms with Crippen LogP contribution in [0.5, 0.6) is 0 Å². The van der Waals surface area contributed by atoms with E-state index in [9.17, 15) is 0 Å². The van der Waals surface area contributed by atoms with Crippen molar-refractivity contribution in [2.24, 2.45) is 0 Å². The van der Waals surface area contributed by atoms with Gasteiger partial charge in [0.1, 0.15) is 0 Å². The van der Waals surface area contributed by atoms with Crippen molar-refractivity contribution in [3.8, 4) is 0 Å². The first-order chi connectivity index (χ1) is 66.6. The molecule has 0 N–H and O–H groups in total. The van der Waals surface area contributed by atoms with Crippen LogP contribution in [-0.4, -0.2) is 102 Å². The first kappa shape index (κ1) is 111. The van der Waals surface area contributed by atoms with Crippen molar-refractivity contribution in [3.05, 3.63) is 249 Å². The fourth-order valence-electron chi connectivity index (χ4n) is 21.0. The second-order valence-electron chi connectivity index (χ2n) is 40.6. The lowest BCUT2D eigenvalue weighted by molar-refractivity contribution is 0.0573. The van der Waals surface area contributed by atoms with E-state index in [1.807, 2.05) is 35.5 Å². The molecule has 0 aliphatic carbocycles. The molecule has 20 bridgehead atoms. The lowest BCUT2D eigenvalue weighted by atomic mass is 9.90.